The van der Waals surface area contributed by atoms with Gasteiger partial charge in [-0.15, -0.1) is 0 Å². The number of amides is 2. The Kier molecular flexibility index (Phi) is 11.4. The SMILES string of the molecule is CCCCNC(=O)[C@@H](CC)N(Cc1ccc(OC)cc1)C(=O)CN(c1ccccc1C(C)C)S(C)(=O)=O. The average Bonchev–Trinajstić information content (AvgIpc) is 2.86. The summed E-state index contributed by atoms with van der Waals surface area (Å²) < 4.78 is 32.2. The van der Waals surface area contributed by atoms with E-state index in [0.29, 0.717) is 24.4 Å². The zero-order valence-corrected chi connectivity index (χ0v) is 23.7. The number of para-hydroxylation sites is 1. The predicted molar refractivity (Wildman–Crippen MR) is 148 cm³/mol. The third-order valence-corrected chi connectivity index (χ3v) is 7.36. The van der Waals surface area contributed by atoms with Crippen LogP contribution in [0.4, 0.5) is 5.69 Å². The van der Waals surface area contributed by atoms with Gasteiger partial charge in [0, 0.05) is 13.1 Å². The maximum atomic E-state index is 13.8. The van der Waals surface area contributed by atoms with Gasteiger partial charge in [0.25, 0.3) is 0 Å². The molecule has 8 nitrogen and oxygen atoms in total. The Hall–Kier alpha value is -3.07. The van der Waals surface area contributed by atoms with Gasteiger partial charge < -0.3 is 15.0 Å². The first-order valence-corrected chi connectivity index (χ1v) is 14.6. The van der Waals surface area contributed by atoms with E-state index in [0.717, 1.165) is 34.5 Å². The monoisotopic (exact) mass is 531 g/mol. The quantitative estimate of drug-likeness (QED) is 0.367. The molecule has 2 aromatic rings. The van der Waals surface area contributed by atoms with Crippen LogP contribution >= 0.6 is 0 Å². The minimum Gasteiger partial charge on any atom is -0.497 e. The number of benzene rings is 2. The van der Waals surface area contributed by atoms with Crippen LogP contribution in [0, 0.1) is 0 Å². The van der Waals surface area contributed by atoms with Gasteiger partial charge in [0.15, 0.2) is 0 Å². The summed E-state index contributed by atoms with van der Waals surface area (Å²) in [5.74, 6) is 0.0433. The van der Waals surface area contributed by atoms with Gasteiger partial charge in [0.2, 0.25) is 21.8 Å². The normalized spacial score (nSPS) is 12.2. The van der Waals surface area contributed by atoms with Crippen molar-refractivity contribution in [3.63, 3.8) is 0 Å². The molecule has 0 fully saturated rings. The standard InChI is InChI=1S/C28H41N3O5S/c1-7-9-18-29-28(33)25(8-2)30(19-22-14-16-23(36-5)17-15-22)27(32)20-31(37(6,34)35)26-13-11-10-12-24(26)21(3)4/h10-17,21,25H,7-9,18-20H2,1-6H3,(H,29,33)/t25-/m1/s1. The number of ether oxygens (including phenoxy) is 1. The zero-order chi connectivity index (χ0) is 27.6. The highest BCUT2D eigenvalue weighted by Gasteiger charge is 2.32. The largest absolute Gasteiger partial charge is 0.497 e. The number of unbranched alkanes of at least 4 members (excludes halogenated alkanes) is 1. The number of nitrogens with one attached hydrogen (secondary N) is 1. The van der Waals surface area contributed by atoms with E-state index in [2.05, 4.69) is 5.32 Å². The van der Waals surface area contributed by atoms with Crippen molar-refractivity contribution in [2.24, 2.45) is 0 Å². The number of anilines is 1. The lowest BCUT2D eigenvalue weighted by molar-refractivity contribution is -0.140. The Labute approximate surface area is 222 Å². The molecule has 37 heavy (non-hydrogen) atoms. The van der Waals surface area contributed by atoms with Gasteiger partial charge in [-0.3, -0.25) is 13.9 Å². The Morgan fingerprint density at radius 1 is 1.03 bits per heavy atom. The smallest absolute Gasteiger partial charge is 0.244 e. The molecule has 2 amide bonds. The zero-order valence-electron chi connectivity index (χ0n) is 22.9. The molecule has 0 aliphatic rings. The minimum absolute atomic E-state index is 0.0543. The van der Waals surface area contributed by atoms with E-state index in [1.165, 1.54) is 4.90 Å². The molecule has 0 aliphatic heterocycles. The summed E-state index contributed by atoms with van der Waals surface area (Å²) in [4.78, 5) is 28.4. The minimum atomic E-state index is -3.79. The predicted octanol–water partition coefficient (Wildman–Crippen LogP) is 4.31. The average molecular weight is 532 g/mol. The van der Waals surface area contributed by atoms with Crippen molar-refractivity contribution in [2.45, 2.75) is 65.5 Å². The highest BCUT2D eigenvalue weighted by atomic mass is 32.2. The van der Waals surface area contributed by atoms with Crippen molar-refractivity contribution in [3.05, 3.63) is 59.7 Å². The first kappa shape index (κ1) is 30.2. The molecule has 1 atom stereocenters. The molecule has 2 rings (SSSR count). The van der Waals surface area contributed by atoms with E-state index in [-0.39, 0.29) is 18.4 Å². The molecular formula is C28H41N3O5S. The number of rotatable bonds is 14. The van der Waals surface area contributed by atoms with Crippen LogP contribution in [0.3, 0.4) is 0 Å². The molecule has 1 N–H and O–H groups in total. The lowest BCUT2D eigenvalue weighted by atomic mass is 10.0. The third-order valence-electron chi connectivity index (χ3n) is 6.23. The molecule has 0 aromatic heterocycles. The Morgan fingerprint density at radius 2 is 1.68 bits per heavy atom. The molecule has 0 saturated heterocycles. The van der Waals surface area contributed by atoms with E-state index >= 15 is 0 Å². The first-order valence-electron chi connectivity index (χ1n) is 12.8. The molecule has 0 unspecified atom stereocenters. The number of carbonyl (C=O) groups is 2. The summed E-state index contributed by atoms with van der Waals surface area (Å²) in [5.41, 5.74) is 2.10. The van der Waals surface area contributed by atoms with E-state index in [1.54, 1.807) is 31.4 Å². The fraction of sp³-hybridized carbons (Fsp3) is 0.500. The van der Waals surface area contributed by atoms with Crippen LogP contribution in [0.1, 0.15) is 64.0 Å². The van der Waals surface area contributed by atoms with Crippen molar-refractivity contribution < 1.29 is 22.7 Å². The summed E-state index contributed by atoms with van der Waals surface area (Å²) in [7, 11) is -2.21. The topological polar surface area (TPSA) is 96.0 Å². The Bertz CT molecular complexity index is 1130. The maximum absolute atomic E-state index is 13.8. The van der Waals surface area contributed by atoms with Gasteiger partial charge in [-0.1, -0.05) is 64.4 Å². The molecule has 9 heteroatoms. The van der Waals surface area contributed by atoms with Crippen molar-refractivity contribution in [2.75, 3.05) is 30.8 Å². The second-order valence-corrected chi connectivity index (χ2v) is 11.3. The van der Waals surface area contributed by atoms with Crippen LogP contribution in [0.5, 0.6) is 5.75 Å². The molecule has 2 aromatic carbocycles. The fourth-order valence-corrected chi connectivity index (χ4v) is 5.02. The molecule has 204 valence electrons. The maximum Gasteiger partial charge on any atom is 0.244 e. The van der Waals surface area contributed by atoms with Gasteiger partial charge in [-0.2, -0.15) is 0 Å². The summed E-state index contributed by atoms with van der Waals surface area (Å²) in [6.45, 7) is 8.12. The van der Waals surface area contributed by atoms with E-state index in [9.17, 15) is 18.0 Å². The number of nitrogens with zero attached hydrogens (tertiary/aromatic N) is 2. The summed E-state index contributed by atoms with van der Waals surface area (Å²) in [6.07, 6.45) is 3.26. The second kappa shape index (κ2) is 14.0. The van der Waals surface area contributed by atoms with E-state index in [4.69, 9.17) is 4.74 Å². The number of hydrogen-bond acceptors (Lipinski definition) is 5. The van der Waals surface area contributed by atoms with Crippen molar-refractivity contribution in [1.82, 2.24) is 10.2 Å². The van der Waals surface area contributed by atoms with Crippen LogP contribution in [0.2, 0.25) is 0 Å². The fourth-order valence-electron chi connectivity index (χ4n) is 4.15. The molecule has 0 heterocycles. The Balaban J connectivity index is 2.46. The molecule has 0 radical (unpaired) electrons. The number of hydrogen-bond donors (Lipinski definition) is 1. The van der Waals surface area contributed by atoms with Crippen LogP contribution in [0.25, 0.3) is 0 Å². The Morgan fingerprint density at radius 3 is 2.22 bits per heavy atom. The van der Waals surface area contributed by atoms with Crippen molar-refractivity contribution in [1.29, 1.82) is 0 Å². The number of methoxy groups -OCH3 is 1. The molecule has 0 bridgehead atoms. The van der Waals surface area contributed by atoms with Crippen LogP contribution < -0.4 is 14.4 Å². The molecular weight excluding hydrogens is 490 g/mol. The second-order valence-electron chi connectivity index (χ2n) is 9.42. The lowest BCUT2D eigenvalue weighted by Crippen LogP contribution is -2.52. The van der Waals surface area contributed by atoms with Gasteiger partial charge in [-0.25, -0.2) is 8.42 Å². The summed E-state index contributed by atoms with van der Waals surface area (Å²) in [5, 5.41) is 2.93. The van der Waals surface area contributed by atoms with Crippen LogP contribution in [-0.2, 0) is 26.2 Å². The van der Waals surface area contributed by atoms with E-state index in [1.807, 2.05) is 52.0 Å². The number of carbonyl (C=O) groups excluding carboxylic acids is 2. The van der Waals surface area contributed by atoms with Gasteiger partial charge >= 0.3 is 0 Å². The van der Waals surface area contributed by atoms with Gasteiger partial charge in [0.1, 0.15) is 18.3 Å². The van der Waals surface area contributed by atoms with Crippen molar-refractivity contribution >= 4 is 27.5 Å². The summed E-state index contributed by atoms with van der Waals surface area (Å²) in [6, 6.07) is 13.7. The highest BCUT2D eigenvalue weighted by Crippen LogP contribution is 2.29. The van der Waals surface area contributed by atoms with Crippen LogP contribution in [0.15, 0.2) is 48.5 Å². The first-order chi connectivity index (χ1) is 17.5. The number of sulfonamides is 1. The van der Waals surface area contributed by atoms with Gasteiger partial charge in [0.05, 0.1) is 19.1 Å². The molecule has 0 aliphatic carbocycles. The molecule has 0 saturated carbocycles. The van der Waals surface area contributed by atoms with Crippen molar-refractivity contribution in [3.8, 4) is 5.75 Å². The summed E-state index contributed by atoms with van der Waals surface area (Å²) >= 11 is 0. The van der Waals surface area contributed by atoms with E-state index < -0.39 is 28.5 Å². The third kappa shape index (κ3) is 8.49. The highest BCUT2D eigenvalue weighted by molar-refractivity contribution is 7.92. The van der Waals surface area contributed by atoms with Crippen LogP contribution in [-0.4, -0.2) is 57.6 Å². The lowest BCUT2D eigenvalue weighted by Gasteiger charge is -2.33. The molecule has 0 spiro atoms. The van der Waals surface area contributed by atoms with Gasteiger partial charge in [-0.05, 0) is 48.1 Å².